The lowest BCUT2D eigenvalue weighted by atomic mass is 9.44. The van der Waals surface area contributed by atoms with Crippen LogP contribution in [0.25, 0.3) is 0 Å². The molecule has 0 radical (unpaired) electrons. The van der Waals surface area contributed by atoms with E-state index < -0.39 is 0 Å². The molecule has 0 unspecified atom stereocenters. The third-order valence-electron chi connectivity index (χ3n) is 8.70. The zero-order chi connectivity index (χ0) is 21.9. The summed E-state index contributed by atoms with van der Waals surface area (Å²) in [5, 5.41) is 0. The maximum Gasteiger partial charge on any atom is 0.308 e. The fourth-order valence-corrected chi connectivity index (χ4v) is 6.64. The van der Waals surface area contributed by atoms with E-state index in [1.165, 1.54) is 20.3 Å². The highest BCUT2D eigenvalue weighted by Gasteiger charge is 2.71. The number of carbonyl (C=O) groups excluding carboxylic acids is 2. The number of carbonyl (C=O) groups is 2. The largest absolute Gasteiger partial charge is 0.427 e. The first-order chi connectivity index (χ1) is 14.0. The Morgan fingerprint density at radius 3 is 2.43 bits per heavy atom. The number of ether oxygens (including phenoxy) is 3. The van der Waals surface area contributed by atoms with Gasteiger partial charge in [-0.2, -0.15) is 0 Å². The summed E-state index contributed by atoms with van der Waals surface area (Å²) in [6.45, 7) is 12.3. The summed E-state index contributed by atoms with van der Waals surface area (Å²) in [5.41, 5.74) is 1.07. The van der Waals surface area contributed by atoms with Gasteiger partial charge in [0.2, 0.25) is 0 Å². The minimum Gasteiger partial charge on any atom is -0.427 e. The van der Waals surface area contributed by atoms with Crippen LogP contribution < -0.4 is 9.47 Å². The molecular weight excluding hydrogens is 380 g/mol. The Bertz CT molecular complexity index is 878. The summed E-state index contributed by atoms with van der Waals surface area (Å²) in [5.74, 6) is 1.38. The van der Waals surface area contributed by atoms with Gasteiger partial charge in [0, 0.05) is 19.3 Å². The van der Waals surface area contributed by atoms with E-state index in [1.54, 1.807) is 12.1 Å². The van der Waals surface area contributed by atoms with Gasteiger partial charge >= 0.3 is 11.9 Å². The Morgan fingerprint density at radius 2 is 1.77 bits per heavy atom. The van der Waals surface area contributed by atoms with E-state index in [1.807, 2.05) is 6.07 Å². The van der Waals surface area contributed by atoms with Gasteiger partial charge in [-0.3, -0.25) is 9.59 Å². The molecule has 1 aliphatic heterocycles. The predicted molar refractivity (Wildman–Crippen MR) is 113 cm³/mol. The summed E-state index contributed by atoms with van der Waals surface area (Å²) in [7, 11) is 0. The van der Waals surface area contributed by atoms with Crippen molar-refractivity contribution in [3.8, 4) is 11.5 Å². The topological polar surface area (TPSA) is 65.1 Å². The van der Waals surface area contributed by atoms with Gasteiger partial charge in [0.25, 0.3) is 0 Å². The standard InChI is InChI=1S/C25H34O5/c1-15-11-12-24(5)21(9-10-22-25(24,6)30-22)23(15,4)14-18-13-19(28-16(2)26)7-8-20(18)29-17(3)27/h7-8,13,15,21-22H,9-12,14H2,1-6H3/t15-,21-,22-,23-,24-,25-/m1/s1. The molecule has 1 aromatic carbocycles. The van der Waals surface area contributed by atoms with Crippen molar-refractivity contribution in [2.75, 3.05) is 0 Å². The van der Waals surface area contributed by atoms with E-state index >= 15 is 0 Å². The zero-order valence-corrected chi connectivity index (χ0v) is 19.0. The highest BCUT2D eigenvalue weighted by atomic mass is 16.6. The summed E-state index contributed by atoms with van der Waals surface area (Å²) in [4.78, 5) is 23.2. The van der Waals surface area contributed by atoms with Crippen LogP contribution in [0.2, 0.25) is 0 Å². The van der Waals surface area contributed by atoms with Crippen LogP contribution in [-0.4, -0.2) is 23.6 Å². The van der Waals surface area contributed by atoms with Crippen LogP contribution in [0, 0.1) is 22.7 Å². The smallest absolute Gasteiger partial charge is 0.308 e. The van der Waals surface area contributed by atoms with Crippen molar-refractivity contribution >= 4 is 11.9 Å². The lowest BCUT2D eigenvalue weighted by Crippen LogP contribution is -2.56. The van der Waals surface area contributed by atoms with E-state index in [9.17, 15) is 9.59 Å². The van der Waals surface area contributed by atoms with Crippen molar-refractivity contribution in [2.24, 2.45) is 22.7 Å². The summed E-state index contributed by atoms with van der Waals surface area (Å²) < 4.78 is 17.1. The number of rotatable bonds is 4. The number of fused-ring (bicyclic) bond motifs is 3. The monoisotopic (exact) mass is 414 g/mol. The number of benzene rings is 1. The second-order valence-corrected chi connectivity index (χ2v) is 10.3. The van der Waals surface area contributed by atoms with E-state index in [2.05, 4.69) is 27.7 Å². The van der Waals surface area contributed by atoms with Gasteiger partial charge in [-0.15, -0.1) is 0 Å². The molecule has 1 heterocycles. The van der Waals surface area contributed by atoms with Crippen LogP contribution in [0.15, 0.2) is 18.2 Å². The summed E-state index contributed by atoms with van der Waals surface area (Å²) in [6.07, 6.45) is 5.79. The Morgan fingerprint density at radius 1 is 1.07 bits per heavy atom. The van der Waals surface area contributed by atoms with Gasteiger partial charge in [0.15, 0.2) is 0 Å². The lowest BCUT2D eigenvalue weighted by Gasteiger charge is -2.59. The fourth-order valence-electron chi connectivity index (χ4n) is 6.64. The number of epoxide rings is 1. The van der Waals surface area contributed by atoms with E-state index in [4.69, 9.17) is 14.2 Å². The van der Waals surface area contributed by atoms with Crippen molar-refractivity contribution in [1.82, 2.24) is 0 Å². The molecule has 5 heteroatoms. The molecule has 0 aromatic heterocycles. The minimum atomic E-state index is -0.358. The molecule has 4 rings (SSSR count). The first kappa shape index (κ1) is 21.4. The normalized spacial score (nSPS) is 39.5. The third-order valence-corrected chi connectivity index (χ3v) is 8.70. The Hall–Kier alpha value is -1.88. The second-order valence-electron chi connectivity index (χ2n) is 10.3. The van der Waals surface area contributed by atoms with Crippen LogP contribution in [0.5, 0.6) is 11.5 Å². The zero-order valence-electron chi connectivity index (χ0n) is 19.0. The first-order valence-corrected chi connectivity index (χ1v) is 11.2. The Kier molecular flexibility index (Phi) is 5.04. The van der Waals surface area contributed by atoms with E-state index in [0.717, 1.165) is 31.2 Å². The maximum absolute atomic E-state index is 11.7. The van der Waals surface area contributed by atoms with Crippen molar-refractivity contribution < 1.29 is 23.8 Å². The maximum atomic E-state index is 11.7. The molecule has 0 bridgehead atoms. The number of hydrogen-bond acceptors (Lipinski definition) is 5. The van der Waals surface area contributed by atoms with Crippen LogP contribution in [0.3, 0.4) is 0 Å². The molecule has 6 atom stereocenters. The minimum absolute atomic E-state index is 0.0182. The molecule has 0 N–H and O–H groups in total. The van der Waals surface area contributed by atoms with Gasteiger partial charge in [-0.05, 0) is 80.0 Å². The van der Waals surface area contributed by atoms with Crippen LogP contribution in [0.4, 0.5) is 0 Å². The SMILES string of the molecule is CC(=O)Oc1ccc(OC(C)=O)c(C[C@]2(C)[C@H](C)CC[C@]3(C)[C@@H]2CC[C@H]2O[C@]23C)c1. The highest BCUT2D eigenvalue weighted by Crippen LogP contribution is 2.70. The molecule has 5 nitrogen and oxygen atoms in total. The van der Waals surface area contributed by atoms with Crippen LogP contribution >= 0.6 is 0 Å². The number of hydrogen-bond donors (Lipinski definition) is 0. The van der Waals surface area contributed by atoms with Crippen LogP contribution in [0.1, 0.15) is 72.8 Å². The van der Waals surface area contributed by atoms with Gasteiger partial charge in [-0.25, -0.2) is 0 Å². The summed E-state index contributed by atoms with van der Waals surface area (Å²) >= 11 is 0. The molecule has 0 amide bonds. The van der Waals surface area contributed by atoms with Crippen LogP contribution in [-0.2, 0) is 20.7 Å². The molecule has 3 fully saturated rings. The molecule has 164 valence electrons. The fraction of sp³-hybridized carbons (Fsp3) is 0.680. The van der Waals surface area contributed by atoms with Crippen molar-refractivity contribution in [3.05, 3.63) is 23.8 Å². The van der Waals surface area contributed by atoms with E-state index in [-0.39, 0.29) is 28.4 Å². The van der Waals surface area contributed by atoms with Gasteiger partial charge in [0.1, 0.15) is 11.5 Å². The first-order valence-electron chi connectivity index (χ1n) is 11.2. The second kappa shape index (κ2) is 7.08. The molecule has 30 heavy (non-hydrogen) atoms. The molecular formula is C25H34O5. The average molecular weight is 415 g/mol. The van der Waals surface area contributed by atoms with E-state index in [0.29, 0.717) is 29.4 Å². The quantitative estimate of drug-likeness (QED) is 0.390. The average Bonchev–Trinajstić information content (AvgIpc) is 3.33. The predicted octanol–water partition coefficient (Wildman–Crippen LogP) is 5.09. The number of esters is 2. The lowest BCUT2D eigenvalue weighted by molar-refractivity contribution is -0.133. The third kappa shape index (κ3) is 3.26. The Labute approximate surface area is 179 Å². The molecule has 0 spiro atoms. The highest BCUT2D eigenvalue weighted by molar-refractivity contribution is 5.71. The molecule has 1 aromatic rings. The van der Waals surface area contributed by atoms with Crippen molar-refractivity contribution in [1.29, 1.82) is 0 Å². The molecule has 1 saturated heterocycles. The molecule has 2 saturated carbocycles. The Balaban J connectivity index is 1.72. The molecule has 2 aliphatic carbocycles. The van der Waals surface area contributed by atoms with Gasteiger partial charge in [-0.1, -0.05) is 20.8 Å². The van der Waals surface area contributed by atoms with Crippen molar-refractivity contribution in [2.45, 2.75) is 85.4 Å². The summed E-state index contributed by atoms with van der Waals surface area (Å²) in [6, 6.07) is 5.29. The molecule has 3 aliphatic rings. The van der Waals surface area contributed by atoms with Gasteiger partial charge < -0.3 is 14.2 Å². The van der Waals surface area contributed by atoms with Gasteiger partial charge in [0.05, 0.1) is 11.7 Å². The van der Waals surface area contributed by atoms with Crippen molar-refractivity contribution in [3.63, 3.8) is 0 Å².